The molecule has 2 N–H and O–H groups in total. The number of amides is 2. The second-order valence-corrected chi connectivity index (χ2v) is 4.36. The topological polar surface area (TPSA) is 61.4 Å². The van der Waals surface area contributed by atoms with Crippen molar-refractivity contribution in [2.24, 2.45) is 0 Å². The van der Waals surface area contributed by atoms with Gasteiger partial charge in [0.2, 0.25) is 11.8 Å². The van der Waals surface area contributed by atoms with Gasteiger partial charge in [0, 0.05) is 18.8 Å². The Bertz CT molecular complexity index is 465. The number of rotatable bonds is 3. The quantitative estimate of drug-likeness (QED) is 0.862. The predicted octanol–water partition coefficient (Wildman–Crippen LogP) is 0.787. The molecule has 1 aromatic carbocycles. The van der Waals surface area contributed by atoms with Gasteiger partial charge in [-0.3, -0.25) is 9.59 Å². The molecule has 1 aliphatic rings. The second-order valence-electron chi connectivity index (χ2n) is 4.36. The van der Waals surface area contributed by atoms with E-state index in [0.717, 1.165) is 17.8 Å². The maximum atomic E-state index is 11.9. The second kappa shape index (κ2) is 7.11. The zero-order valence-electron chi connectivity index (χ0n) is 10.8. The number of piperazine rings is 1. The van der Waals surface area contributed by atoms with Crippen molar-refractivity contribution in [1.82, 2.24) is 10.2 Å². The van der Waals surface area contributed by atoms with E-state index in [9.17, 15) is 9.59 Å². The zero-order valence-corrected chi connectivity index (χ0v) is 11.6. The highest BCUT2D eigenvalue weighted by Gasteiger charge is 2.20. The van der Waals surface area contributed by atoms with Gasteiger partial charge in [-0.2, -0.15) is 0 Å². The number of benzene rings is 1. The minimum absolute atomic E-state index is 0. The number of hydrogen-bond acceptors (Lipinski definition) is 3. The summed E-state index contributed by atoms with van der Waals surface area (Å²) in [6.07, 6.45) is 0. The van der Waals surface area contributed by atoms with Crippen molar-refractivity contribution in [3.8, 4) is 0 Å². The molecule has 2 amide bonds. The Morgan fingerprint density at radius 2 is 2.16 bits per heavy atom. The molecule has 0 unspecified atom stereocenters. The first kappa shape index (κ1) is 15.5. The van der Waals surface area contributed by atoms with Crippen LogP contribution in [0.5, 0.6) is 0 Å². The first-order valence-electron chi connectivity index (χ1n) is 6.01. The van der Waals surface area contributed by atoms with E-state index in [2.05, 4.69) is 10.6 Å². The number of para-hydroxylation sites is 1. The average Bonchev–Trinajstić information content (AvgIpc) is 2.35. The standard InChI is InChI=1S/C13H17N3O2.ClH/c1-10-4-2-3-5-11(10)15-12(17)9-16-7-6-14-8-13(16)18;/h2-5,14H,6-9H2,1H3,(H,15,17);1H. The summed E-state index contributed by atoms with van der Waals surface area (Å²) in [5, 5.41) is 5.80. The third kappa shape index (κ3) is 4.22. The lowest BCUT2D eigenvalue weighted by Gasteiger charge is -2.26. The lowest BCUT2D eigenvalue weighted by molar-refractivity contribution is -0.135. The summed E-state index contributed by atoms with van der Waals surface area (Å²) in [4.78, 5) is 25.0. The Hall–Kier alpha value is -1.59. The number of aryl methyl sites for hydroxylation is 1. The van der Waals surface area contributed by atoms with Gasteiger partial charge in [0.05, 0.1) is 13.1 Å². The van der Waals surface area contributed by atoms with Crippen LogP contribution >= 0.6 is 12.4 Å². The molecule has 1 aromatic rings. The van der Waals surface area contributed by atoms with Crippen molar-refractivity contribution in [1.29, 1.82) is 0 Å². The van der Waals surface area contributed by atoms with Crippen LogP contribution < -0.4 is 10.6 Å². The normalized spacial score (nSPS) is 14.8. The molecule has 5 nitrogen and oxygen atoms in total. The van der Waals surface area contributed by atoms with E-state index in [1.54, 1.807) is 4.90 Å². The van der Waals surface area contributed by atoms with E-state index in [0.29, 0.717) is 13.1 Å². The third-order valence-corrected chi connectivity index (χ3v) is 2.94. The molecule has 1 aliphatic heterocycles. The van der Waals surface area contributed by atoms with Gasteiger partial charge < -0.3 is 15.5 Å². The van der Waals surface area contributed by atoms with Crippen LogP contribution in [0.4, 0.5) is 5.69 Å². The summed E-state index contributed by atoms with van der Waals surface area (Å²) in [5.74, 6) is -0.180. The maximum absolute atomic E-state index is 11.9. The van der Waals surface area contributed by atoms with E-state index >= 15 is 0 Å². The molecule has 0 spiro atoms. The van der Waals surface area contributed by atoms with Gasteiger partial charge in [0.1, 0.15) is 0 Å². The van der Waals surface area contributed by atoms with Crippen molar-refractivity contribution in [2.45, 2.75) is 6.92 Å². The smallest absolute Gasteiger partial charge is 0.244 e. The summed E-state index contributed by atoms with van der Waals surface area (Å²) in [5.41, 5.74) is 1.81. The van der Waals surface area contributed by atoms with Gasteiger partial charge in [0.25, 0.3) is 0 Å². The van der Waals surface area contributed by atoms with E-state index in [-0.39, 0.29) is 30.8 Å². The van der Waals surface area contributed by atoms with Crippen LogP contribution in [0.15, 0.2) is 24.3 Å². The summed E-state index contributed by atoms with van der Waals surface area (Å²) < 4.78 is 0. The Morgan fingerprint density at radius 3 is 2.84 bits per heavy atom. The van der Waals surface area contributed by atoms with E-state index in [1.165, 1.54) is 0 Å². The summed E-state index contributed by atoms with van der Waals surface area (Å²) in [6.45, 7) is 3.70. The van der Waals surface area contributed by atoms with Crippen molar-refractivity contribution in [3.63, 3.8) is 0 Å². The Kier molecular flexibility index (Phi) is 5.79. The first-order valence-corrected chi connectivity index (χ1v) is 6.01. The number of hydrogen-bond donors (Lipinski definition) is 2. The fourth-order valence-corrected chi connectivity index (χ4v) is 1.89. The highest BCUT2D eigenvalue weighted by molar-refractivity contribution is 5.95. The summed E-state index contributed by atoms with van der Waals surface area (Å²) >= 11 is 0. The van der Waals surface area contributed by atoms with Gasteiger partial charge in [-0.25, -0.2) is 0 Å². The fourth-order valence-electron chi connectivity index (χ4n) is 1.89. The molecular formula is C13H18ClN3O2. The minimum atomic E-state index is -0.153. The number of halogens is 1. The van der Waals surface area contributed by atoms with Gasteiger partial charge in [-0.15, -0.1) is 12.4 Å². The molecule has 19 heavy (non-hydrogen) atoms. The van der Waals surface area contributed by atoms with Crippen LogP contribution in [0.3, 0.4) is 0 Å². The fraction of sp³-hybridized carbons (Fsp3) is 0.385. The SMILES string of the molecule is Cc1ccccc1NC(=O)CN1CCNCC1=O.Cl. The third-order valence-electron chi connectivity index (χ3n) is 2.94. The molecule has 0 bridgehead atoms. The van der Waals surface area contributed by atoms with Crippen molar-refractivity contribution < 1.29 is 9.59 Å². The van der Waals surface area contributed by atoms with Gasteiger partial charge in [0.15, 0.2) is 0 Å². The minimum Gasteiger partial charge on any atom is -0.331 e. The molecule has 0 radical (unpaired) electrons. The van der Waals surface area contributed by atoms with Gasteiger partial charge in [-0.05, 0) is 18.6 Å². The highest BCUT2D eigenvalue weighted by atomic mass is 35.5. The average molecular weight is 284 g/mol. The first-order chi connectivity index (χ1) is 8.66. The van der Waals surface area contributed by atoms with E-state index in [1.807, 2.05) is 31.2 Å². The molecule has 0 atom stereocenters. The Morgan fingerprint density at radius 1 is 1.42 bits per heavy atom. The number of carbonyl (C=O) groups is 2. The van der Waals surface area contributed by atoms with E-state index in [4.69, 9.17) is 0 Å². The van der Waals surface area contributed by atoms with Crippen molar-refractivity contribution in [3.05, 3.63) is 29.8 Å². The van der Waals surface area contributed by atoms with Gasteiger partial charge >= 0.3 is 0 Å². The van der Waals surface area contributed by atoms with E-state index < -0.39 is 0 Å². The monoisotopic (exact) mass is 283 g/mol. The highest BCUT2D eigenvalue weighted by Crippen LogP contribution is 2.12. The summed E-state index contributed by atoms with van der Waals surface area (Å²) in [7, 11) is 0. The molecule has 0 aliphatic carbocycles. The van der Waals surface area contributed by atoms with Crippen LogP contribution in [0.1, 0.15) is 5.56 Å². The van der Waals surface area contributed by atoms with Crippen LogP contribution in [-0.4, -0.2) is 42.9 Å². The molecule has 1 heterocycles. The molecule has 1 saturated heterocycles. The summed E-state index contributed by atoms with van der Waals surface area (Å²) in [6, 6.07) is 7.59. The molecule has 104 valence electrons. The Labute approximate surface area is 118 Å². The molecule has 6 heteroatoms. The van der Waals surface area contributed by atoms with Crippen LogP contribution in [-0.2, 0) is 9.59 Å². The predicted molar refractivity (Wildman–Crippen MR) is 76.5 cm³/mol. The molecule has 0 saturated carbocycles. The zero-order chi connectivity index (χ0) is 13.0. The number of nitrogens with one attached hydrogen (secondary N) is 2. The molecule has 1 fully saturated rings. The number of carbonyl (C=O) groups excluding carboxylic acids is 2. The lowest BCUT2D eigenvalue weighted by Crippen LogP contribution is -2.50. The van der Waals surface area contributed by atoms with Crippen LogP contribution in [0.2, 0.25) is 0 Å². The molecule has 0 aromatic heterocycles. The lowest BCUT2D eigenvalue weighted by atomic mass is 10.2. The van der Waals surface area contributed by atoms with Crippen LogP contribution in [0, 0.1) is 6.92 Å². The molecule has 2 rings (SSSR count). The van der Waals surface area contributed by atoms with Crippen molar-refractivity contribution >= 4 is 29.9 Å². The van der Waals surface area contributed by atoms with Crippen LogP contribution in [0.25, 0.3) is 0 Å². The van der Waals surface area contributed by atoms with Gasteiger partial charge in [-0.1, -0.05) is 18.2 Å². The Balaban J connectivity index is 0.00000180. The maximum Gasteiger partial charge on any atom is 0.244 e. The largest absolute Gasteiger partial charge is 0.331 e. The number of nitrogens with zero attached hydrogens (tertiary/aromatic N) is 1. The number of anilines is 1. The van der Waals surface area contributed by atoms with Crippen molar-refractivity contribution in [2.75, 3.05) is 31.5 Å². The molecular weight excluding hydrogens is 266 g/mol.